The van der Waals surface area contributed by atoms with E-state index in [0.717, 1.165) is 41.3 Å². The fourth-order valence-electron chi connectivity index (χ4n) is 3.34. The van der Waals surface area contributed by atoms with Crippen molar-refractivity contribution in [3.63, 3.8) is 0 Å². The number of amides is 1. The first-order valence-electron chi connectivity index (χ1n) is 10.8. The van der Waals surface area contributed by atoms with E-state index in [0.29, 0.717) is 12.1 Å². The summed E-state index contributed by atoms with van der Waals surface area (Å²) in [6.45, 7) is 6.03. The van der Waals surface area contributed by atoms with Crippen LogP contribution in [-0.2, 0) is 11.3 Å². The number of nitrogens with one attached hydrogen (secondary N) is 1. The zero-order valence-corrected chi connectivity index (χ0v) is 19.3. The molecule has 0 unspecified atom stereocenters. The number of rotatable bonds is 11. The predicted octanol–water partition coefficient (Wildman–Crippen LogP) is 5.13. The number of carbonyl (C=O) groups is 2. The van der Waals surface area contributed by atoms with Gasteiger partial charge in [-0.15, -0.1) is 11.3 Å². The summed E-state index contributed by atoms with van der Waals surface area (Å²) in [4.78, 5) is 31.2. The number of hydrogen-bond donors (Lipinski definition) is 2. The van der Waals surface area contributed by atoms with Crippen LogP contribution in [0.2, 0.25) is 0 Å². The first-order chi connectivity index (χ1) is 15.5. The normalized spacial score (nSPS) is 10.7. The number of thiazole rings is 1. The van der Waals surface area contributed by atoms with Crippen LogP contribution < -0.4 is 10.2 Å². The maximum Gasteiger partial charge on any atom is 0.305 e. The Morgan fingerprint density at radius 2 is 1.81 bits per heavy atom. The maximum atomic E-state index is 12.2. The van der Waals surface area contributed by atoms with E-state index in [1.54, 1.807) is 23.5 Å². The van der Waals surface area contributed by atoms with Gasteiger partial charge in [0.15, 0.2) is 5.13 Å². The van der Waals surface area contributed by atoms with Gasteiger partial charge in [0.2, 0.25) is 0 Å². The van der Waals surface area contributed by atoms with Crippen LogP contribution in [0.25, 0.3) is 11.3 Å². The number of aryl methyl sites for hydroxylation is 1. The van der Waals surface area contributed by atoms with Crippen molar-refractivity contribution in [2.24, 2.45) is 0 Å². The summed E-state index contributed by atoms with van der Waals surface area (Å²) in [6, 6.07) is 17.7. The molecule has 1 aromatic heterocycles. The molecule has 3 rings (SSSR count). The monoisotopic (exact) mass is 451 g/mol. The molecule has 0 radical (unpaired) electrons. The molecule has 0 aliphatic heterocycles. The van der Waals surface area contributed by atoms with E-state index >= 15 is 0 Å². The third kappa shape index (κ3) is 6.40. The number of nitrogens with zero attached hydrogens (tertiary/aromatic N) is 2. The third-order valence-corrected chi connectivity index (χ3v) is 6.13. The van der Waals surface area contributed by atoms with E-state index < -0.39 is 5.97 Å². The lowest BCUT2D eigenvalue weighted by Gasteiger charge is -2.22. The highest BCUT2D eigenvalue weighted by Gasteiger charge is 2.16. The first kappa shape index (κ1) is 23.5. The van der Waals surface area contributed by atoms with Crippen molar-refractivity contribution < 1.29 is 14.7 Å². The molecule has 1 amide bonds. The molecule has 168 valence electrons. The second-order valence-corrected chi connectivity index (χ2v) is 8.82. The minimum Gasteiger partial charge on any atom is -0.481 e. The highest BCUT2D eigenvalue weighted by Crippen LogP contribution is 2.33. The third-order valence-electron chi connectivity index (χ3n) is 5.10. The van der Waals surface area contributed by atoms with E-state index in [4.69, 9.17) is 10.1 Å². The van der Waals surface area contributed by atoms with Gasteiger partial charge in [-0.25, -0.2) is 4.98 Å². The lowest BCUT2D eigenvalue weighted by atomic mass is 10.1. The average Bonchev–Trinajstić information content (AvgIpc) is 3.18. The van der Waals surface area contributed by atoms with Crippen molar-refractivity contribution >= 4 is 28.3 Å². The van der Waals surface area contributed by atoms with E-state index in [-0.39, 0.29) is 18.9 Å². The van der Waals surface area contributed by atoms with Gasteiger partial charge >= 0.3 is 5.97 Å². The van der Waals surface area contributed by atoms with E-state index in [1.165, 1.54) is 4.88 Å². The van der Waals surface area contributed by atoms with Crippen molar-refractivity contribution in [2.45, 2.75) is 39.7 Å². The number of carboxylic acid groups (broad SMARTS) is 1. The number of benzene rings is 2. The molecule has 0 spiro atoms. The molecule has 32 heavy (non-hydrogen) atoms. The fourth-order valence-corrected chi connectivity index (χ4v) is 4.30. The van der Waals surface area contributed by atoms with Crippen LogP contribution in [0.4, 0.5) is 5.13 Å². The van der Waals surface area contributed by atoms with Crippen LogP contribution in [-0.4, -0.2) is 35.1 Å². The lowest BCUT2D eigenvalue weighted by molar-refractivity contribution is -0.136. The number of carbonyl (C=O) groups excluding carboxylic acids is 1. The molecular formula is C25H29N3O3S. The largest absolute Gasteiger partial charge is 0.481 e. The Morgan fingerprint density at radius 1 is 1.09 bits per heavy atom. The Balaban J connectivity index is 1.72. The van der Waals surface area contributed by atoms with Crippen LogP contribution in [0.5, 0.6) is 0 Å². The van der Waals surface area contributed by atoms with E-state index in [2.05, 4.69) is 36.2 Å². The van der Waals surface area contributed by atoms with Gasteiger partial charge in [-0.2, -0.15) is 0 Å². The number of anilines is 1. The zero-order valence-electron chi connectivity index (χ0n) is 18.5. The van der Waals surface area contributed by atoms with E-state index in [9.17, 15) is 9.59 Å². The molecule has 1 heterocycles. The summed E-state index contributed by atoms with van der Waals surface area (Å²) in [5, 5.41) is 12.3. The van der Waals surface area contributed by atoms with Gasteiger partial charge in [-0.3, -0.25) is 9.59 Å². The summed E-state index contributed by atoms with van der Waals surface area (Å²) in [7, 11) is 0. The highest BCUT2D eigenvalue weighted by molar-refractivity contribution is 7.16. The summed E-state index contributed by atoms with van der Waals surface area (Å²) in [5.74, 6) is -1.19. The molecule has 3 aromatic rings. The molecule has 0 fully saturated rings. The van der Waals surface area contributed by atoms with Gasteiger partial charge in [0.05, 0.1) is 12.1 Å². The second kappa shape index (κ2) is 11.4. The Morgan fingerprint density at radius 3 is 2.47 bits per heavy atom. The SMILES string of the molecule is CCCCN(Cc1ccc(C(=O)NCCC(=O)O)cc1)c1nc(-c2ccccc2)c(C)s1. The van der Waals surface area contributed by atoms with Crippen LogP contribution in [0.15, 0.2) is 54.6 Å². The van der Waals surface area contributed by atoms with Crippen molar-refractivity contribution in [1.29, 1.82) is 0 Å². The van der Waals surface area contributed by atoms with Gasteiger partial charge in [0.25, 0.3) is 5.91 Å². The molecule has 0 bridgehead atoms. The van der Waals surface area contributed by atoms with Crippen LogP contribution in [0, 0.1) is 6.92 Å². The van der Waals surface area contributed by atoms with Crippen molar-refractivity contribution in [3.8, 4) is 11.3 Å². The Bertz CT molecular complexity index is 1030. The average molecular weight is 452 g/mol. The molecule has 0 aliphatic carbocycles. The Labute approximate surface area is 192 Å². The number of hydrogen-bond acceptors (Lipinski definition) is 5. The van der Waals surface area contributed by atoms with E-state index in [1.807, 2.05) is 30.3 Å². The predicted molar refractivity (Wildman–Crippen MR) is 129 cm³/mol. The number of carboxylic acids is 1. The van der Waals surface area contributed by atoms with Gasteiger partial charge in [0.1, 0.15) is 0 Å². The minimum atomic E-state index is -0.930. The molecule has 2 aromatic carbocycles. The van der Waals surface area contributed by atoms with Crippen LogP contribution >= 0.6 is 11.3 Å². The summed E-state index contributed by atoms with van der Waals surface area (Å²) in [5.41, 5.74) is 3.77. The number of unbranched alkanes of at least 4 members (excludes halogenated alkanes) is 1. The fraction of sp³-hybridized carbons (Fsp3) is 0.320. The van der Waals surface area contributed by atoms with Crippen molar-refractivity contribution in [3.05, 3.63) is 70.6 Å². The van der Waals surface area contributed by atoms with Gasteiger partial charge in [-0.1, -0.05) is 55.8 Å². The molecule has 7 heteroatoms. The second-order valence-electron chi connectivity index (χ2n) is 7.64. The summed E-state index contributed by atoms with van der Waals surface area (Å²) < 4.78 is 0. The summed E-state index contributed by atoms with van der Waals surface area (Å²) in [6.07, 6.45) is 2.08. The number of aromatic nitrogens is 1. The molecule has 2 N–H and O–H groups in total. The summed E-state index contributed by atoms with van der Waals surface area (Å²) >= 11 is 1.71. The van der Waals surface area contributed by atoms with Gasteiger partial charge in [0, 0.05) is 35.6 Å². The van der Waals surface area contributed by atoms with Crippen molar-refractivity contribution in [2.75, 3.05) is 18.0 Å². The molecule has 0 aliphatic rings. The van der Waals surface area contributed by atoms with Crippen LogP contribution in [0.1, 0.15) is 47.0 Å². The highest BCUT2D eigenvalue weighted by atomic mass is 32.1. The van der Waals surface area contributed by atoms with Gasteiger partial charge in [-0.05, 0) is 31.0 Å². The molecule has 0 atom stereocenters. The molecule has 0 saturated carbocycles. The smallest absolute Gasteiger partial charge is 0.305 e. The number of aliphatic carboxylic acids is 1. The van der Waals surface area contributed by atoms with Gasteiger partial charge < -0.3 is 15.3 Å². The quantitative estimate of drug-likeness (QED) is 0.422. The Kier molecular flexibility index (Phi) is 8.39. The maximum absolute atomic E-state index is 12.2. The van der Waals surface area contributed by atoms with Crippen LogP contribution in [0.3, 0.4) is 0 Å². The topological polar surface area (TPSA) is 82.5 Å². The molecule has 0 saturated heterocycles. The Hall–Kier alpha value is -3.19. The molecule has 6 nitrogen and oxygen atoms in total. The lowest BCUT2D eigenvalue weighted by Crippen LogP contribution is -2.26. The minimum absolute atomic E-state index is 0.0889. The zero-order chi connectivity index (χ0) is 22.9. The standard InChI is InChI=1S/C25H29N3O3S/c1-3-4-16-28(25-27-23(18(2)32-25)20-8-6-5-7-9-20)17-19-10-12-21(13-11-19)24(31)26-15-14-22(29)30/h5-13H,3-4,14-17H2,1-2H3,(H,26,31)(H,29,30). The van der Waals surface area contributed by atoms with Crippen molar-refractivity contribution in [1.82, 2.24) is 10.3 Å². The molecular weight excluding hydrogens is 422 g/mol. The first-order valence-corrected chi connectivity index (χ1v) is 11.7.